The molecule has 2 aromatic rings. The van der Waals surface area contributed by atoms with Gasteiger partial charge >= 0.3 is 0 Å². The van der Waals surface area contributed by atoms with Crippen LogP contribution >= 0.6 is 23.1 Å². The summed E-state index contributed by atoms with van der Waals surface area (Å²) in [5, 5.41) is 9.36. The zero-order valence-corrected chi connectivity index (χ0v) is 13.5. The summed E-state index contributed by atoms with van der Waals surface area (Å²) in [4.78, 5) is 2.19. The van der Waals surface area contributed by atoms with Crippen molar-refractivity contribution in [3.8, 4) is 5.75 Å². The summed E-state index contributed by atoms with van der Waals surface area (Å²) >= 11 is 3.21. The minimum Gasteiger partial charge on any atom is -0.493 e. The van der Waals surface area contributed by atoms with Crippen LogP contribution in [-0.4, -0.2) is 48.9 Å². The van der Waals surface area contributed by atoms with Crippen LogP contribution in [0.25, 0.3) is 0 Å². The molecule has 0 amide bonds. The van der Waals surface area contributed by atoms with Gasteiger partial charge in [0.2, 0.25) is 5.13 Å². The van der Waals surface area contributed by atoms with Crippen molar-refractivity contribution < 1.29 is 13.9 Å². The number of thioether (sulfide) groups is 1. The third kappa shape index (κ3) is 4.31. The van der Waals surface area contributed by atoms with Crippen LogP contribution in [0.4, 0.5) is 9.52 Å². The summed E-state index contributed by atoms with van der Waals surface area (Å²) in [5.74, 6) is 1.19. The Kier molecular flexibility index (Phi) is 5.47. The summed E-state index contributed by atoms with van der Waals surface area (Å²) < 4.78 is 24.6. The molecule has 2 heterocycles. The van der Waals surface area contributed by atoms with Crippen molar-refractivity contribution in [2.45, 2.75) is 4.34 Å². The van der Waals surface area contributed by atoms with Crippen molar-refractivity contribution in [3.05, 3.63) is 30.1 Å². The van der Waals surface area contributed by atoms with Crippen LogP contribution in [0.15, 0.2) is 28.6 Å². The van der Waals surface area contributed by atoms with Crippen LogP contribution in [0.5, 0.6) is 5.75 Å². The second-order valence-corrected chi connectivity index (χ2v) is 6.90. The molecule has 1 saturated heterocycles. The normalized spacial score (nSPS) is 15.0. The number of anilines is 1. The van der Waals surface area contributed by atoms with E-state index in [1.54, 1.807) is 35.2 Å². The summed E-state index contributed by atoms with van der Waals surface area (Å²) in [6.07, 6.45) is 0. The predicted molar refractivity (Wildman–Crippen MR) is 85.6 cm³/mol. The average Bonchev–Trinajstić information content (AvgIpc) is 3.03. The highest BCUT2D eigenvalue weighted by atomic mass is 32.2. The molecule has 0 aliphatic carbocycles. The third-order valence-electron chi connectivity index (χ3n) is 3.07. The van der Waals surface area contributed by atoms with Gasteiger partial charge in [-0.2, -0.15) is 0 Å². The van der Waals surface area contributed by atoms with Gasteiger partial charge in [0.05, 0.1) is 19.8 Å². The Balaban J connectivity index is 1.42. The maximum absolute atomic E-state index is 12.8. The Morgan fingerprint density at radius 1 is 1.23 bits per heavy atom. The molecule has 1 aliphatic heterocycles. The number of ether oxygens (including phenoxy) is 2. The molecule has 0 N–H and O–H groups in total. The summed E-state index contributed by atoms with van der Waals surface area (Å²) in [7, 11) is 0. The average molecular weight is 341 g/mol. The first-order chi connectivity index (χ1) is 10.8. The fourth-order valence-corrected chi connectivity index (χ4v) is 3.74. The monoisotopic (exact) mass is 341 g/mol. The molecule has 5 nitrogen and oxygen atoms in total. The molecule has 1 aromatic carbocycles. The smallest absolute Gasteiger partial charge is 0.209 e. The molecule has 0 bridgehead atoms. The first-order valence-electron chi connectivity index (χ1n) is 6.98. The van der Waals surface area contributed by atoms with E-state index in [2.05, 4.69) is 15.1 Å². The third-order valence-corrected chi connectivity index (χ3v) is 5.15. The number of hydrogen-bond donors (Lipinski definition) is 0. The standard InChI is InChI=1S/C14H16FN3O2S2/c15-11-1-3-12(4-2-11)20-9-10-21-14-17-16-13(22-14)18-5-7-19-8-6-18/h1-4H,5-10H2. The van der Waals surface area contributed by atoms with Gasteiger partial charge in [0, 0.05) is 18.8 Å². The lowest BCUT2D eigenvalue weighted by Crippen LogP contribution is -2.36. The Labute approximate surface area is 136 Å². The molecule has 118 valence electrons. The molecule has 22 heavy (non-hydrogen) atoms. The van der Waals surface area contributed by atoms with E-state index in [1.165, 1.54) is 12.1 Å². The van der Waals surface area contributed by atoms with E-state index in [0.717, 1.165) is 41.5 Å². The lowest BCUT2D eigenvalue weighted by Gasteiger charge is -2.25. The van der Waals surface area contributed by atoms with Crippen LogP contribution in [-0.2, 0) is 4.74 Å². The van der Waals surface area contributed by atoms with E-state index in [-0.39, 0.29) is 5.82 Å². The van der Waals surface area contributed by atoms with E-state index < -0.39 is 0 Å². The minimum atomic E-state index is -0.258. The van der Waals surface area contributed by atoms with E-state index in [1.807, 2.05) is 0 Å². The van der Waals surface area contributed by atoms with Crippen molar-refractivity contribution in [1.29, 1.82) is 0 Å². The lowest BCUT2D eigenvalue weighted by atomic mass is 10.3. The van der Waals surface area contributed by atoms with Crippen LogP contribution in [0.2, 0.25) is 0 Å². The molecule has 1 aliphatic rings. The quantitative estimate of drug-likeness (QED) is 0.595. The zero-order valence-electron chi connectivity index (χ0n) is 11.9. The molecule has 0 spiro atoms. The van der Waals surface area contributed by atoms with Gasteiger partial charge in [-0.3, -0.25) is 0 Å². The van der Waals surface area contributed by atoms with Gasteiger partial charge < -0.3 is 14.4 Å². The SMILES string of the molecule is Fc1ccc(OCCSc2nnc(N3CCOCC3)s2)cc1. The fourth-order valence-electron chi connectivity index (χ4n) is 1.96. The molecule has 8 heteroatoms. The molecule has 3 rings (SSSR count). The fraction of sp³-hybridized carbons (Fsp3) is 0.429. The first kappa shape index (κ1) is 15.5. The van der Waals surface area contributed by atoms with Crippen LogP contribution in [0.1, 0.15) is 0 Å². The lowest BCUT2D eigenvalue weighted by molar-refractivity contribution is 0.122. The number of halogens is 1. The highest BCUT2D eigenvalue weighted by Crippen LogP contribution is 2.28. The van der Waals surface area contributed by atoms with Gasteiger partial charge in [-0.1, -0.05) is 23.1 Å². The summed E-state index contributed by atoms with van der Waals surface area (Å²) in [5.41, 5.74) is 0. The minimum absolute atomic E-state index is 0.258. The first-order valence-corrected chi connectivity index (χ1v) is 8.79. The molecule has 0 saturated carbocycles. The van der Waals surface area contributed by atoms with E-state index >= 15 is 0 Å². The molecule has 1 aromatic heterocycles. The molecular formula is C14H16FN3O2S2. The largest absolute Gasteiger partial charge is 0.493 e. The Hall–Kier alpha value is -1.38. The number of morpholine rings is 1. The topological polar surface area (TPSA) is 47.5 Å². The second-order valence-electron chi connectivity index (χ2n) is 4.60. The van der Waals surface area contributed by atoms with E-state index in [9.17, 15) is 4.39 Å². The maximum atomic E-state index is 12.8. The highest BCUT2D eigenvalue weighted by molar-refractivity contribution is 8.01. The molecule has 0 unspecified atom stereocenters. The zero-order chi connectivity index (χ0) is 15.2. The molecular weight excluding hydrogens is 325 g/mol. The molecule has 0 radical (unpaired) electrons. The van der Waals surface area contributed by atoms with Crippen LogP contribution in [0, 0.1) is 5.82 Å². The number of nitrogens with zero attached hydrogens (tertiary/aromatic N) is 3. The molecule has 0 atom stereocenters. The Bertz CT molecular complexity index is 588. The van der Waals surface area contributed by atoms with Gasteiger partial charge in [-0.25, -0.2) is 4.39 Å². The molecule has 1 fully saturated rings. The van der Waals surface area contributed by atoms with Crippen molar-refractivity contribution in [3.63, 3.8) is 0 Å². The second kappa shape index (κ2) is 7.75. The number of rotatable bonds is 6. The Morgan fingerprint density at radius 2 is 2.00 bits per heavy atom. The summed E-state index contributed by atoms with van der Waals surface area (Å²) in [6.45, 7) is 3.77. The van der Waals surface area contributed by atoms with E-state index in [0.29, 0.717) is 12.4 Å². The van der Waals surface area contributed by atoms with Crippen molar-refractivity contribution in [1.82, 2.24) is 10.2 Å². The van der Waals surface area contributed by atoms with Gasteiger partial charge in [-0.05, 0) is 24.3 Å². The van der Waals surface area contributed by atoms with Gasteiger partial charge in [0.15, 0.2) is 4.34 Å². The number of benzene rings is 1. The number of hydrogen-bond acceptors (Lipinski definition) is 7. The van der Waals surface area contributed by atoms with Crippen LogP contribution < -0.4 is 9.64 Å². The maximum Gasteiger partial charge on any atom is 0.209 e. The van der Waals surface area contributed by atoms with Crippen molar-refractivity contribution in [2.24, 2.45) is 0 Å². The van der Waals surface area contributed by atoms with Crippen molar-refractivity contribution in [2.75, 3.05) is 43.6 Å². The van der Waals surface area contributed by atoms with Gasteiger partial charge in [-0.15, -0.1) is 10.2 Å². The number of aromatic nitrogens is 2. The Morgan fingerprint density at radius 3 is 2.77 bits per heavy atom. The van der Waals surface area contributed by atoms with E-state index in [4.69, 9.17) is 9.47 Å². The van der Waals surface area contributed by atoms with Gasteiger partial charge in [0.25, 0.3) is 0 Å². The predicted octanol–water partition coefficient (Wildman–Crippen LogP) is 2.68. The van der Waals surface area contributed by atoms with Gasteiger partial charge in [0.1, 0.15) is 11.6 Å². The summed E-state index contributed by atoms with van der Waals surface area (Å²) in [6, 6.07) is 6.03. The highest BCUT2D eigenvalue weighted by Gasteiger charge is 2.15. The van der Waals surface area contributed by atoms with Crippen LogP contribution in [0.3, 0.4) is 0 Å². The van der Waals surface area contributed by atoms with Crippen molar-refractivity contribution >= 4 is 28.2 Å².